The average Bonchev–Trinajstić information content (AvgIpc) is 2.63. The van der Waals surface area contributed by atoms with E-state index in [9.17, 15) is 4.79 Å². The molecule has 0 spiro atoms. The van der Waals surface area contributed by atoms with Gasteiger partial charge in [-0.1, -0.05) is 15.9 Å². The van der Waals surface area contributed by atoms with Gasteiger partial charge in [0.05, 0.1) is 32.1 Å². The number of amides is 1. The highest BCUT2D eigenvalue weighted by Crippen LogP contribution is 2.28. The molecule has 0 atom stereocenters. The highest BCUT2D eigenvalue weighted by molar-refractivity contribution is 9.10. The maximum Gasteiger partial charge on any atom is 0.248 e. The molecule has 1 aliphatic rings. The third kappa shape index (κ3) is 7.40. The smallest absolute Gasteiger partial charge is 0.248 e. The van der Waals surface area contributed by atoms with Gasteiger partial charge in [0.2, 0.25) is 5.91 Å². The Morgan fingerprint density at radius 1 is 1.27 bits per heavy atom. The number of rotatable bonds is 6. The van der Waals surface area contributed by atoms with Crippen molar-refractivity contribution < 1.29 is 14.4 Å². The van der Waals surface area contributed by atoms with Gasteiger partial charge in [0, 0.05) is 9.37 Å². The van der Waals surface area contributed by atoms with Gasteiger partial charge < -0.3 is 15.0 Å². The molecule has 1 aromatic rings. The van der Waals surface area contributed by atoms with Crippen molar-refractivity contribution in [3.05, 3.63) is 27.7 Å². The second-order valence-electron chi connectivity index (χ2n) is 6.20. The fourth-order valence-corrected chi connectivity index (χ4v) is 4.04. The molecule has 1 amide bonds. The van der Waals surface area contributed by atoms with Gasteiger partial charge in [-0.15, -0.1) is 11.8 Å². The predicted molar refractivity (Wildman–Crippen MR) is 113 cm³/mol. The molecule has 26 heavy (non-hydrogen) atoms. The number of aryl methyl sites for hydroxylation is 2. The van der Waals surface area contributed by atoms with E-state index >= 15 is 0 Å². The number of ether oxygens (including phenoxy) is 1. The molecule has 9 heteroatoms. The van der Waals surface area contributed by atoms with Crippen LogP contribution >= 0.6 is 39.9 Å². The van der Waals surface area contributed by atoms with Crippen LogP contribution in [0.5, 0.6) is 0 Å². The van der Waals surface area contributed by atoms with Crippen LogP contribution < -0.4 is 21.1 Å². The van der Waals surface area contributed by atoms with Crippen LogP contribution in [0, 0.1) is 13.8 Å². The molecular weight excluding hydrogens is 436 g/mol. The first-order chi connectivity index (χ1) is 12.5. The number of quaternary nitrogens is 1. The van der Waals surface area contributed by atoms with Crippen molar-refractivity contribution in [2.24, 2.45) is 0 Å². The topological polar surface area (TPSA) is 66.8 Å². The van der Waals surface area contributed by atoms with Gasteiger partial charge >= 0.3 is 0 Å². The summed E-state index contributed by atoms with van der Waals surface area (Å²) in [5.74, 6) is 0.216. The van der Waals surface area contributed by atoms with Crippen LogP contribution in [-0.4, -0.2) is 56.2 Å². The molecule has 0 aromatic heterocycles. The summed E-state index contributed by atoms with van der Waals surface area (Å²) in [4.78, 5) is 14.6. The molecule has 0 radical (unpaired) electrons. The summed E-state index contributed by atoms with van der Waals surface area (Å²) in [6.45, 7) is 9.54. The molecule has 144 valence electrons. The molecule has 1 aliphatic heterocycles. The number of carbonyl (C=O) groups excluding carboxylic acids is 1. The van der Waals surface area contributed by atoms with E-state index in [1.165, 1.54) is 16.7 Å². The molecule has 1 heterocycles. The largest absolute Gasteiger partial charge is 0.370 e. The molecule has 4 N–H and O–H groups in total. The molecule has 0 saturated carbocycles. The van der Waals surface area contributed by atoms with Crippen molar-refractivity contribution in [2.45, 2.75) is 18.7 Å². The Kier molecular flexibility index (Phi) is 9.13. The molecular formula is C17H26BrN4O2S2+. The molecule has 2 rings (SSSR count). The van der Waals surface area contributed by atoms with Crippen LogP contribution in [0.15, 0.2) is 21.5 Å². The van der Waals surface area contributed by atoms with E-state index in [-0.39, 0.29) is 5.91 Å². The van der Waals surface area contributed by atoms with Crippen molar-refractivity contribution in [2.75, 3.05) is 45.1 Å². The second-order valence-corrected chi connectivity index (χ2v) is 8.48. The van der Waals surface area contributed by atoms with Crippen molar-refractivity contribution in [3.63, 3.8) is 0 Å². The number of morpholine rings is 1. The zero-order valence-corrected chi connectivity index (χ0v) is 18.3. The van der Waals surface area contributed by atoms with Gasteiger partial charge in [0.1, 0.15) is 13.1 Å². The number of thioether (sulfide) groups is 1. The lowest BCUT2D eigenvalue weighted by atomic mass is 10.2. The van der Waals surface area contributed by atoms with Gasteiger partial charge in [-0.2, -0.15) is 0 Å². The lowest BCUT2D eigenvalue weighted by molar-refractivity contribution is -0.906. The Morgan fingerprint density at radius 3 is 2.73 bits per heavy atom. The summed E-state index contributed by atoms with van der Waals surface area (Å²) in [6, 6.07) is 4.16. The van der Waals surface area contributed by atoms with Gasteiger partial charge in [-0.25, -0.2) is 0 Å². The molecule has 6 nitrogen and oxygen atoms in total. The van der Waals surface area contributed by atoms with E-state index < -0.39 is 0 Å². The van der Waals surface area contributed by atoms with Gasteiger partial charge in [-0.3, -0.25) is 15.6 Å². The third-order valence-corrected chi connectivity index (χ3v) is 6.35. The first-order valence-corrected chi connectivity index (χ1v) is 10.8. The molecule has 1 aromatic carbocycles. The Bertz CT molecular complexity index is 639. The Labute approximate surface area is 172 Å². The van der Waals surface area contributed by atoms with E-state index in [0.717, 1.165) is 59.9 Å². The summed E-state index contributed by atoms with van der Waals surface area (Å²) < 4.78 is 6.42. The second kappa shape index (κ2) is 11.1. The molecule has 1 saturated heterocycles. The minimum absolute atomic E-state index is 0.113. The lowest BCUT2D eigenvalue weighted by Crippen LogP contribution is -3.14. The maximum atomic E-state index is 12.0. The fraction of sp³-hybridized carbons (Fsp3) is 0.529. The van der Waals surface area contributed by atoms with E-state index in [1.54, 1.807) is 0 Å². The SMILES string of the molecule is Cc1cc(SCC(=O)NNC(=S)NCC[NH+]2CCOCC2)c(C)cc1Br. The van der Waals surface area contributed by atoms with Gasteiger partial charge in [0.15, 0.2) is 5.11 Å². The highest BCUT2D eigenvalue weighted by atomic mass is 79.9. The van der Waals surface area contributed by atoms with Gasteiger partial charge in [0.25, 0.3) is 0 Å². The minimum Gasteiger partial charge on any atom is -0.370 e. The van der Waals surface area contributed by atoms with Gasteiger partial charge in [-0.05, 0) is 49.3 Å². The summed E-state index contributed by atoms with van der Waals surface area (Å²) in [6.07, 6.45) is 0. The maximum absolute atomic E-state index is 12.0. The Balaban J connectivity index is 1.62. The first-order valence-electron chi connectivity index (χ1n) is 8.59. The number of hydrazine groups is 1. The van der Waals surface area contributed by atoms with Crippen molar-refractivity contribution in [1.82, 2.24) is 16.2 Å². The van der Waals surface area contributed by atoms with E-state index in [2.05, 4.69) is 44.2 Å². The fourth-order valence-electron chi connectivity index (χ4n) is 2.52. The monoisotopic (exact) mass is 461 g/mol. The minimum atomic E-state index is -0.113. The highest BCUT2D eigenvalue weighted by Gasteiger charge is 2.13. The van der Waals surface area contributed by atoms with Crippen LogP contribution in [0.2, 0.25) is 0 Å². The summed E-state index contributed by atoms with van der Waals surface area (Å²) >= 11 is 10.2. The molecule has 0 aliphatic carbocycles. The van der Waals surface area contributed by atoms with Crippen LogP contribution in [0.4, 0.5) is 0 Å². The van der Waals surface area contributed by atoms with Crippen molar-refractivity contribution in [1.29, 1.82) is 0 Å². The number of thiocarbonyl (C=S) groups is 1. The summed E-state index contributed by atoms with van der Waals surface area (Å²) in [5.41, 5.74) is 7.70. The van der Waals surface area contributed by atoms with E-state index in [0.29, 0.717) is 10.9 Å². The number of hydrogen-bond acceptors (Lipinski definition) is 4. The quantitative estimate of drug-likeness (QED) is 0.282. The lowest BCUT2D eigenvalue weighted by Gasteiger charge is -2.24. The molecule has 0 bridgehead atoms. The number of benzene rings is 1. The summed E-state index contributed by atoms with van der Waals surface area (Å²) in [5, 5.41) is 3.55. The van der Waals surface area contributed by atoms with Crippen LogP contribution in [0.25, 0.3) is 0 Å². The third-order valence-electron chi connectivity index (χ3n) is 4.09. The average molecular weight is 462 g/mol. The van der Waals surface area contributed by atoms with Crippen molar-refractivity contribution in [3.8, 4) is 0 Å². The van der Waals surface area contributed by atoms with E-state index in [1.807, 2.05) is 13.8 Å². The molecule has 0 unspecified atom stereocenters. The number of hydrogen-bond donors (Lipinski definition) is 4. The van der Waals surface area contributed by atoms with Crippen LogP contribution in [-0.2, 0) is 9.53 Å². The number of nitrogens with one attached hydrogen (secondary N) is 4. The van der Waals surface area contributed by atoms with E-state index in [4.69, 9.17) is 17.0 Å². The van der Waals surface area contributed by atoms with Crippen LogP contribution in [0.3, 0.4) is 0 Å². The number of carbonyl (C=O) groups is 1. The normalized spacial score (nSPS) is 14.7. The standard InChI is InChI=1S/C17H25BrN4O2S2/c1-12-10-15(13(2)9-14(12)18)26-11-16(23)20-21-17(25)19-3-4-22-5-7-24-8-6-22/h9-10H,3-8,11H2,1-2H3,(H,20,23)(H2,19,21,25)/p+1. The predicted octanol–water partition coefficient (Wildman–Crippen LogP) is 0.568. The Hall–Kier alpha value is -0.870. The first kappa shape index (κ1) is 21.4. The number of halogens is 1. The zero-order valence-electron chi connectivity index (χ0n) is 15.1. The van der Waals surface area contributed by atoms with Crippen molar-refractivity contribution >= 4 is 50.9 Å². The zero-order chi connectivity index (χ0) is 18.9. The summed E-state index contributed by atoms with van der Waals surface area (Å²) in [7, 11) is 0. The Morgan fingerprint density at radius 2 is 2.00 bits per heavy atom. The van der Waals surface area contributed by atoms with Crippen LogP contribution in [0.1, 0.15) is 11.1 Å². The molecule has 1 fully saturated rings.